The second-order valence-electron chi connectivity index (χ2n) is 3.51. The predicted molar refractivity (Wildman–Crippen MR) is 59.0 cm³/mol. The van der Waals surface area contributed by atoms with Gasteiger partial charge in [-0.1, -0.05) is 0 Å². The van der Waals surface area contributed by atoms with E-state index in [-0.39, 0.29) is 16.6 Å². The number of hydrogen-bond donors (Lipinski definition) is 2. The van der Waals surface area contributed by atoms with Crippen molar-refractivity contribution in [2.24, 2.45) is 5.29 Å². The van der Waals surface area contributed by atoms with Gasteiger partial charge in [-0.25, -0.2) is 5.43 Å². The highest BCUT2D eigenvalue weighted by Gasteiger charge is 2.33. The number of nitrogens with one attached hydrogen (secondary N) is 2. The first-order chi connectivity index (χ1) is 8.41. The van der Waals surface area contributed by atoms with Crippen molar-refractivity contribution in [1.82, 2.24) is 4.98 Å². The summed E-state index contributed by atoms with van der Waals surface area (Å²) in [5, 5.41) is 2.16. The Labute approximate surface area is 97.6 Å². The SMILES string of the molecule is O=NNc1ccc2[nH]c(=O)cc(C(F)(F)F)c2c1. The third kappa shape index (κ3) is 2.17. The van der Waals surface area contributed by atoms with Gasteiger partial charge >= 0.3 is 6.18 Å². The van der Waals surface area contributed by atoms with Gasteiger partial charge in [-0.3, -0.25) is 4.79 Å². The van der Waals surface area contributed by atoms with Gasteiger partial charge in [0, 0.05) is 17.0 Å². The Morgan fingerprint density at radius 1 is 1.22 bits per heavy atom. The van der Waals surface area contributed by atoms with E-state index >= 15 is 0 Å². The van der Waals surface area contributed by atoms with E-state index in [1.807, 2.05) is 5.43 Å². The fourth-order valence-corrected chi connectivity index (χ4v) is 1.61. The lowest BCUT2D eigenvalue weighted by molar-refractivity contribution is -0.136. The van der Waals surface area contributed by atoms with Crippen molar-refractivity contribution in [2.75, 3.05) is 5.43 Å². The van der Waals surface area contributed by atoms with Gasteiger partial charge in [0.2, 0.25) is 5.56 Å². The molecule has 2 aromatic rings. The van der Waals surface area contributed by atoms with E-state index in [9.17, 15) is 22.9 Å². The van der Waals surface area contributed by atoms with Gasteiger partial charge in [-0.15, -0.1) is 4.91 Å². The fourth-order valence-electron chi connectivity index (χ4n) is 1.61. The van der Waals surface area contributed by atoms with Gasteiger partial charge in [0.1, 0.15) is 0 Å². The first kappa shape index (κ1) is 12.1. The lowest BCUT2D eigenvalue weighted by Gasteiger charge is -2.10. The van der Waals surface area contributed by atoms with Gasteiger partial charge in [-0.05, 0) is 18.2 Å². The fraction of sp³-hybridized carbons (Fsp3) is 0.100. The Balaban J connectivity index is 2.78. The normalized spacial score (nSPS) is 11.5. The molecule has 0 saturated heterocycles. The summed E-state index contributed by atoms with van der Waals surface area (Å²) in [4.78, 5) is 23.4. The van der Waals surface area contributed by atoms with Crippen LogP contribution in [-0.4, -0.2) is 4.98 Å². The highest BCUT2D eigenvalue weighted by molar-refractivity contribution is 5.85. The Kier molecular flexibility index (Phi) is 2.77. The van der Waals surface area contributed by atoms with Crippen molar-refractivity contribution in [3.05, 3.63) is 45.1 Å². The number of H-pyrrole nitrogens is 1. The number of anilines is 1. The van der Waals surface area contributed by atoms with E-state index in [1.165, 1.54) is 12.1 Å². The zero-order chi connectivity index (χ0) is 13.3. The van der Waals surface area contributed by atoms with Gasteiger partial charge in [0.05, 0.1) is 16.5 Å². The Hall–Kier alpha value is -2.38. The summed E-state index contributed by atoms with van der Waals surface area (Å²) in [5.74, 6) is 0. The minimum Gasteiger partial charge on any atom is -0.322 e. The number of fused-ring (bicyclic) bond motifs is 1. The van der Waals surface area contributed by atoms with E-state index in [0.29, 0.717) is 6.07 Å². The van der Waals surface area contributed by atoms with Gasteiger partial charge < -0.3 is 4.98 Å². The summed E-state index contributed by atoms with van der Waals surface area (Å²) in [6, 6.07) is 4.16. The third-order valence-electron chi connectivity index (χ3n) is 2.32. The summed E-state index contributed by atoms with van der Waals surface area (Å²) >= 11 is 0. The largest absolute Gasteiger partial charge is 0.417 e. The van der Waals surface area contributed by atoms with Crippen LogP contribution in [0.5, 0.6) is 0 Å². The van der Waals surface area contributed by atoms with Crippen LogP contribution in [0.25, 0.3) is 10.9 Å². The number of nitroso groups, excluding NO2 is 1. The van der Waals surface area contributed by atoms with Crippen LogP contribution in [-0.2, 0) is 6.18 Å². The molecule has 94 valence electrons. The number of rotatable bonds is 2. The molecule has 0 unspecified atom stereocenters. The Bertz CT molecular complexity index is 663. The quantitative estimate of drug-likeness (QED) is 0.641. The molecule has 0 spiro atoms. The number of aromatic nitrogens is 1. The molecule has 5 nitrogen and oxygen atoms in total. The van der Waals surface area contributed by atoms with Crippen molar-refractivity contribution in [1.29, 1.82) is 0 Å². The molecule has 1 aromatic heterocycles. The van der Waals surface area contributed by atoms with Gasteiger partial charge in [-0.2, -0.15) is 13.2 Å². The molecule has 0 aliphatic carbocycles. The van der Waals surface area contributed by atoms with Crippen molar-refractivity contribution < 1.29 is 13.2 Å². The number of halogens is 3. The van der Waals surface area contributed by atoms with Crippen molar-refractivity contribution in [3.8, 4) is 0 Å². The summed E-state index contributed by atoms with van der Waals surface area (Å²) in [5.41, 5.74) is 0.240. The van der Waals surface area contributed by atoms with Crippen LogP contribution in [0.15, 0.2) is 34.3 Å². The number of hydrogen-bond acceptors (Lipinski definition) is 3. The molecule has 8 heteroatoms. The Morgan fingerprint density at radius 2 is 1.94 bits per heavy atom. The number of pyridine rings is 1. The minimum atomic E-state index is -4.65. The summed E-state index contributed by atoms with van der Waals surface area (Å²) < 4.78 is 38.3. The van der Waals surface area contributed by atoms with Crippen LogP contribution >= 0.6 is 0 Å². The molecule has 2 N–H and O–H groups in total. The summed E-state index contributed by atoms with van der Waals surface area (Å²) in [7, 11) is 0. The van der Waals surface area contributed by atoms with Crippen molar-refractivity contribution >= 4 is 16.6 Å². The maximum absolute atomic E-state index is 12.8. The molecule has 0 amide bonds. The molecule has 0 aliphatic rings. The minimum absolute atomic E-state index is 0.0336. The van der Waals surface area contributed by atoms with Crippen LogP contribution in [0.4, 0.5) is 18.9 Å². The number of nitrogens with zero attached hydrogens (tertiary/aromatic N) is 1. The maximum atomic E-state index is 12.8. The zero-order valence-corrected chi connectivity index (χ0v) is 8.71. The molecule has 1 aromatic carbocycles. The average Bonchev–Trinajstić information content (AvgIpc) is 2.27. The first-order valence-corrected chi connectivity index (χ1v) is 4.74. The number of aromatic amines is 1. The lowest BCUT2D eigenvalue weighted by atomic mass is 10.1. The molecule has 0 saturated carbocycles. The van der Waals surface area contributed by atoms with Gasteiger partial charge in [0.15, 0.2) is 0 Å². The Morgan fingerprint density at radius 3 is 2.56 bits per heavy atom. The van der Waals surface area contributed by atoms with Crippen LogP contribution in [0.2, 0.25) is 0 Å². The summed E-state index contributed by atoms with van der Waals surface area (Å²) in [6.07, 6.45) is -4.65. The monoisotopic (exact) mass is 257 g/mol. The summed E-state index contributed by atoms with van der Waals surface area (Å²) in [6.45, 7) is 0. The molecule has 0 bridgehead atoms. The van der Waals surface area contributed by atoms with E-state index in [1.54, 1.807) is 0 Å². The number of benzene rings is 1. The van der Waals surface area contributed by atoms with E-state index in [4.69, 9.17) is 0 Å². The van der Waals surface area contributed by atoms with Crippen LogP contribution in [0, 0.1) is 4.91 Å². The molecule has 2 rings (SSSR count). The molecule has 1 heterocycles. The van der Waals surface area contributed by atoms with Crippen LogP contribution < -0.4 is 11.0 Å². The molecular formula is C10H6F3N3O2. The highest BCUT2D eigenvalue weighted by Crippen LogP contribution is 2.34. The lowest BCUT2D eigenvalue weighted by Crippen LogP contribution is -2.13. The first-order valence-electron chi connectivity index (χ1n) is 4.74. The third-order valence-corrected chi connectivity index (χ3v) is 2.32. The van der Waals surface area contributed by atoms with E-state index in [2.05, 4.69) is 10.3 Å². The standard InChI is InChI=1S/C10H6F3N3O2/c11-10(12,13)7-4-9(17)14-8-2-1-5(15-16-18)3-6(7)8/h1-4H,(H,14,17)(H,15,18). The average molecular weight is 257 g/mol. The maximum Gasteiger partial charge on any atom is 0.417 e. The van der Waals surface area contributed by atoms with Crippen LogP contribution in [0.3, 0.4) is 0 Å². The van der Waals surface area contributed by atoms with E-state index < -0.39 is 17.3 Å². The van der Waals surface area contributed by atoms with Crippen LogP contribution in [0.1, 0.15) is 5.56 Å². The zero-order valence-electron chi connectivity index (χ0n) is 8.71. The number of alkyl halides is 3. The molecule has 0 aliphatic heterocycles. The topological polar surface area (TPSA) is 74.3 Å². The van der Waals surface area contributed by atoms with Crippen molar-refractivity contribution in [3.63, 3.8) is 0 Å². The highest BCUT2D eigenvalue weighted by atomic mass is 19.4. The van der Waals surface area contributed by atoms with Gasteiger partial charge in [0.25, 0.3) is 0 Å². The predicted octanol–water partition coefficient (Wildman–Crippen LogP) is 2.64. The molecule has 18 heavy (non-hydrogen) atoms. The molecule has 0 radical (unpaired) electrons. The van der Waals surface area contributed by atoms with E-state index in [0.717, 1.165) is 6.07 Å². The second kappa shape index (κ2) is 4.13. The molecule has 0 atom stereocenters. The molecule has 0 fully saturated rings. The second-order valence-corrected chi connectivity index (χ2v) is 3.51. The molecular weight excluding hydrogens is 251 g/mol. The smallest absolute Gasteiger partial charge is 0.322 e. The van der Waals surface area contributed by atoms with Crippen molar-refractivity contribution in [2.45, 2.75) is 6.18 Å².